The summed E-state index contributed by atoms with van der Waals surface area (Å²) < 4.78 is 0. The van der Waals surface area contributed by atoms with E-state index in [4.69, 9.17) is 10.7 Å². The van der Waals surface area contributed by atoms with E-state index in [-0.39, 0.29) is 11.9 Å². The minimum absolute atomic E-state index is 0.122. The summed E-state index contributed by atoms with van der Waals surface area (Å²) >= 11 is 1.63. The number of nitrogens with two attached hydrogens (primary N) is 1. The van der Waals surface area contributed by atoms with Crippen LogP contribution < -0.4 is 16.0 Å². The molecule has 0 saturated carbocycles. The fourth-order valence-electron chi connectivity index (χ4n) is 3.67. The number of primary amides is 1. The lowest BCUT2D eigenvalue weighted by atomic mass is 10.1. The zero-order chi connectivity index (χ0) is 19.5. The average molecular weight is 392 g/mol. The second kappa shape index (κ2) is 7.97. The van der Waals surface area contributed by atoms with Gasteiger partial charge in [0.15, 0.2) is 0 Å². The van der Waals surface area contributed by atoms with Crippen LogP contribution in [0.5, 0.6) is 0 Å². The third-order valence-electron chi connectivity index (χ3n) is 5.08. The molecule has 4 rings (SSSR count). The lowest BCUT2D eigenvalue weighted by Gasteiger charge is -2.22. The first-order valence-electron chi connectivity index (χ1n) is 9.26. The molecule has 1 fully saturated rings. The van der Waals surface area contributed by atoms with Crippen LogP contribution in [-0.4, -0.2) is 36.1 Å². The summed E-state index contributed by atoms with van der Waals surface area (Å²) in [5.74, 6) is 0.368. The number of carbonyl (C=O) groups is 1. The predicted octanol–water partition coefficient (Wildman–Crippen LogP) is 2.43. The molecule has 3 heterocycles. The maximum Gasteiger partial charge on any atom is 0.234 e. The van der Waals surface area contributed by atoms with E-state index in [1.54, 1.807) is 11.3 Å². The van der Waals surface area contributed by atoms with Crippen LogP contribution in [0, 0.1) is 11.3 Å². The number of fused-ring (bicyclic) bond motifs is 1. The van der Waals surface area contributed by atoms with Gasteiger partial charge in [0.25, 0.3) is 0 Å². The number of rotatable bonds is 6. The maximum atomic E-state index is 11.9. The largest absolute Gasteiger partial charge is 0.368 e. The Bertz CT molecular complexity index is 1030. The number of benzene rings is 1. The topological polar surface area (TPSA) is 95.0 Å². The molecule has 7 heteroatoms. The second-order valence-electron chi connectivity index (χ2n) is 7.00. The van der Waals surface area contributed by atoms with Crippen LogP contribution in [0.25, 0.3) is 10.9 Å². The number of para-hydroxylation sites is 1. The molecule has 0 unspecified atom stereocenters. The highest BCUT2D eigenvalue weighted by Gasteiger charge is 2.29. The first-order chi connectivity index (χ1) is 13.6. The van der Waals surface area contributed by atoms with Crippen LogP contribution >= 0.6 is 11.3 Å². The Morgan fingerprint density at radius 2 is 2.25 bits per heavy atom. The van der Waals surface area contributed by atoms with E-state index in [0.29, 0.717) is 24.3 Å². The Morgan fingerprint density at radius 1 is 1.39 bits per heavy atom. The summed E-state index contributed by atoms with van der Waals surface area (Å²) in [6, 6.07) is 15.7. The van der Waals surface area contributed by atoms with Gasteiger partial charge in [-0.05, 0) is 30.0 Å². The number of hydrogen-bond acceptors (Lipinski definition) is 6. The molecule has 2 aromatic heterocycles. The fourth-order valence-corrected chi connectivity index (χ4v) is 4.43. The normalized spacial score (nSPS) is 17.5. The number of nitrogens with one attached hydrogen (secondary N) is 1. The Hall–Kier alpha value is -2.95. The van der Waals surface area contributed by atoms with E-state index in [0.717, 1.165) is 28.7 Å². The molecule has 3 N–H and O–H groups in total. The van der Waals surface area contributed by atoms with Gasteiger partial charge in [-0.2, -0.15) is 5.26 Å². The van der Waals surface area contributed by atoms with Gasteiger partial charge in [-0.25, -0.2) is 4.98 Å². The number of amides is 1. The van der Waals surface area contributed by atoms with Crippen molar-refractivity contribution in [2.24, 2.45) is 5.73 Å². The molecular formula is C21H21N5OS. The van der Waals surface area contributed by atoms with Crippen LogP contribution in [0.1, 0.15) is 16.9 Å². The molecule has 1 aromatic carbocycles. The molecule has 142 valence electrons. The number of pyridine rings is 1. The molecule has 0 spiro atoms. The Labute approximate surface area is 167 Å². The van der Waals surface area contributed by atoms with Crippen molar-refractivity contribution in [3.63, 3.8) is 0 Å². The highest BCUT2D eigenvalue weighted by atomic mass is 32.1. The standard InChI is InChI=1S/C21H21N5OS/c22-12-15-10-14-4-1-2-6-18(14)25-21(15)26-8-7-16(13-26)24-19(20(23)27)11-17-5-3-9-28-17/h1-6,9-10,16,19,24H,7-8,11,13H2,(H2,23,27)/t16-,19-/m0/s1. The zero-order valence-electron chi connectivity index (χ0n) is 15.3. The monoisotopic (exact) mass is 391 g/mol. The molecule has 1 aliphatic rings. The molecule has 6 nitrogen and oxygen atoms in total. The maximum absolute atomic E-state index is 11.9. The Balaban J connectivity index is 1.50. The number of anilines is 1. The van der Waals surface area contributed by atoms with Crippen molar-refractivity contribution >= 4 is 34.0 Å². The highest BCUT2D eigenvalue weighted by molar-refractivity contribution is 7.09. The third kappa shape index (κ3) is 3.84. The second-order valence-corrected chi connectivity index (χ2v) is 8.03. The molecule has 3 aromatic rings. The van der Waals surface area contributed by atoms with Gasteiger partial charge in [0.2, 0.25) is 5.91 Å². The zero-order valence-corrected chi connectivity index (χ0v) is 16.2. The average Bonchev–Trinajstić information content (AvgIpc) is 3.38. The van der Waals surface area contributed by atoms with Crippen LogP contribution in [0.15, 0.2) is 47.8 Å². The van der Waals surface area contributed by atoms with E-state index in [1.165, 1.54) is 0 Å². The van der Waals surface area contributed by atoms with Gasteiger partial charge in [-0.3, -0.25) is 4.79 Å². The summed E-state index contributed by atoms with van der Waals surface area (Å²) in [6.45, 7) is 1.47. The van der Waals surface area contributed by atoms with Crippen molar-refractivity contribution in [3.8, 4) is 6.07 Å². The minimum atomic E-state index is -0.399. The number of carbonyl (C=O) groups excluding carboxylic acids is 1. The molecule has 1 saturated heterocycles. The predicted molar refractivity (Wildman–Crippen MR) is 111 cm³/mol. The highest BCUT2D eigenvalue weighted by Crippen LogP contribution is 2.26. The molecule has 1 aliphatic heterocycles. The number of thiophene rings is 1. The molecule has 0 radical (unpaired) electrons. The molecule has 0 bridgehead atoms. The van der Waals surface area contributed by atoms with Gasteiger partial charge in [0, 0.05) is 35.8 Å². The summed E-state index contributed by atoms with van der Waals surface area (Å²) in [5.41, 5.74) is 7.07. The van der Waals surface area contributed by atoms with E-state index < -0.39 is 6.04 Å². The quantitative estimate of drug-likeness (QED) is 0.673. The molecule has 2 atom stereocenters. The van der Waals surface area contributed by atoms with Gasteiger partial charge in [0.05, 0.1) is 17.1 Å². The van der Waals surface area contributed by atoms with Crippen molar-refractivity contribution in [1.82, 2.24) is 10.3 Å². The number of nitrogens with zero attached hydrogens (tertiary/aromatic N) is 3. The smallest absolute Gasteiger partial charge is 0.234 e. The van der Waals surface area contributed by atoms with E-state index in [2.05, 4.69) is 16.3 Å². The van der Waals surface area contributed by atoms with Crippen LogP contribution in [0.4, 0.5) is 5.82 Å². The summed E-state index contributed by atoms with van der Waals surface area (Å²) in [7, 11) is 0. The lowest BCUT2D eigenvalue weighted by Crippen LogP contribution is -2.48. The summed E-state index contributed by atoms with van der Waals surface area (Å²) in [5, 5.41) is 15.9. The van der Waals surface area contributed by atoms with Crippen molar-refractivity contribution in [2.45, 2.75) is 24.9 Å². The van der Waals surface area contributed by atoms with Gasteiger partial charge in [0.1, 0.15) is 11.9 Å². The van der Waals surface area contributed by atoms with Crippen molar-refractivity contribution < 1.29 is 4.79 Å². The van der Waals surface area contributed by atoms with Gasteiger partial charge >= 0.3 is 0 Å². The van der Waals surface area contributed by atoms with Crippen LogP contribution in [-0.2, 0) is 11.2 Å². The van der Waals surface area contributed by atoms with Crippen molar-refractivity contribution in [1.29, 1.82) is 5.26 Å². The van der Waals surface area contributed by atoms with Crippen LogP contribution in [0.2, 0.25) is 0 Å². The minimum Gasteiger partial charge on any atom is -0.368 e. The van der Waals surface area contributed by atoms with Crippen molar-refractivity contribution in [3.05, 3.63) is 58.3 Å². The number of nitriles is 1. The Morgan fingerprint density at radius 3 is 3.00 bits per heavy atom. The lowest BCUT2D eigenvalue weighted by molar-refractivity contribution is -0.120. The van der Waals surface area contributed by atoms with E-state index in [9.17, 15) is 10.1 Å². The van der Waals surface area contributed by atoms with Crippen molar-refractivity contribution in [2.75, 3.05) is 18.0 Å². The summed E-state index contributed by atoms with van der Waals surface area (Å²) in [4.78, 5) is 19.9. The van der Waals surface area contributed by atoms with Gasteiger partial charge in [-0.15, -0.1) is 11.3 Å². The fraction of sp³-hybridized carbons (Fsp3) is 0.286. The van der Waals surface area contributed by atoms with Gasteiger partial charge in [-0.1, -0.05) is 24.3 Å². The van der Waals surface area contributed by atoms with E-state index >= 15 is 0 Å². The first kappa shape index (κ1) is 18.4. The number of hydrogen-bond donors (Lipinski definition) is 2. The van der Waals surface area contributed by atoms with Crippen LogP contribution in [0.3, 0.4) is 0 Å². The molecule has 0 aliphatic carbocycles. The SMILES string of the molecule is N#Cc1cc2ccccc2nc1N1CC[C@H](N[C@@H](Cc2cccs2)C(N)=O)C1. The first-order valence-corrected chi connectivity index (χ1v) is 10.1. The molecular weight excluding hydrogens is 370 g/mol. The summed E-state index contributed by atoms with van der Waals surface area (Å²) in [6.07, 6.45) is 1.47. The third-order valence-corrected chi connectivity index (χ3v) is 5.98. The molecule has 1 amide bonds. The molecule has 28 heavy (non-hydrogen) atoms. The van der Waals surface area contributed by atoms with Gasteiger partial charge < -0.3 is 16.0 Å². The Kier molecular flexibility index (Phi) is 5.24. The number of aromatic nitrogens is 1. The van der Waals surface area contributed by atoms with E-state index in [1.807, 2.05) is 47.8 Å².